The molecule has 318 valence electrons. The third-order valence-corrected chi connectivity index (χ3v) is 12.0. The molecular weight excluding hydrogens is 905 g/mol. The van der Waals surface area contributed by atoms with Crippen LogP contribution >= 0.6 is 69.6 Å². The Labute approximate surface area is 382 Å². The Morgan fingerprint density at radius 3 is 1.79 bits per heavy atom. The van der Waals surface area contributed by atoms with E-state index in [1.165, 1.54) is 32.0 Å². The molecule has 2 saturated heterocycles. The van der Waals surface area contributed by atoms with E-state index in [0.29, 0.717) is 96.2 Å². The monoisotopic (exact) mass is 942 g/mol. The number of aromatic nitrogens is 8. The van der Waals surface area contributed by atoms with Crippen LogP contribution in [0.25, 0.3) is 44.8 Å². The van der Waals surface area contributed by atoms with Gasteiger partial charge in [-0.05, 0) is 117 Å². The molecule has 6 heterocycles. The molecule has 0 aliphatic carbocycles. The van der Waals surface area contributed by atoms with Gasteiger partial charge in [-0.1, -0.05) is 58.5 Å². The van der Waals surface area contributed by atoms with Crippen LogP contribution < -0.4 is 14.2 Å². The van der Waals surface area contributed by atoms with Crippen LogP contribution in [0.2, 0.25) is 30.7 Å². The number of H-pyrrole nitrogens is 1. The summed E-state index contributed by atoms with van der Waals surface area (Å²) in [6, 6.07) is 14.7. The number of aromatic amines is 1. The molecule has 0 atom stereocenters. The van der Waals surface area contributed by atoms with Gasteiger partial charge in [0.1, 0.15) is 52.9 Å². The molecule has 2 aliphatic rings. The second kappa shape index (κ2) is 19.9. The predicted octanol–water partition coefficient (Wildman–Crippen LogP) is 10.4. The van der Waals surface area contributed by atoms with Crippen molar-refractivity contribution in [1.82, 2.24) is 49.3 Å². The highest BCUT2D eigenvalue weighted by Gasteiger charge is 2.21. The third-order valence-electron chi connectivity index (χ3n) is 10.5. The van der Waals surface area contributed by atoms with Crippen LogP contribution in [0.3, 0.4) is 0 Å². The summed E-state index contributed by atoms with van der Waals surface area (Å²) in [6.07, 6.45) is 8.24. The summed E-state index contributed by atoms with van der Waals surface area (Å²) < 4.78 is 19.1. The van der Waals surface area contributed by atoms with Crippen molar-refractivity contribution >= 4 is 91.9 Å². The third kappa shape index (κ3) is 10.4. The number of imidazole rings is 2. The van der Waals surface area contributed by atoms with Crippen LogP contribution in [-0.4, -0.2) is 109 Å². The summed E-state index contributed by atoms with van der Waals surface area (Å²) >= 11 is 38.1. The van der Waals surface area contributed by atoms with Crippen LogP contribution in [0.5, 0.6) is 17.2 Å². The van der Waals surface area contributed by atoms with E-state index >= 15 is 0 Å². The summed E-state index contributed by atoms with van der Waals surface area (Å²) in [5, 5.41) is 1.99. The zero-order chi connectivity index (χ0) is 42.5. The van der Waals surface area contributed by atoms with Gasteiger partial charge in [-0.25, -0.2) is 19.9 Å². The summed E-state index contributed by atoms with van der Waals surface area (Å²) in [5.74, 6) is 1.91. The fourth-order valence-corrected chi connectivity index (χ4v) is 8.76. The number of rotatable bonds is 13. The quantitative estimate of drug-likeness (QED) is 0.111. The zero-order valence-electron chi connectivity index (χ0n) is 33.0. The maximum Gasteiger partial charge on any atom is 0.225 e. The van der Waals surface area contributed by atoms with E-state index in [2.05, 4.69) is 44.7 Å². The molecule has 7 aromatic rings. The van der Waals surface area contributed by atoms with Gasteiger partial charge in [0.15, 0.2) is 11.3 Å². The molecule has 3 aromatic carbocycles. The first-order valence-electron chi connectivity index (χ1n) is 19.7. The lowest BCUT2D eigenvalue weighted by molar-refractivity contribution is 0.238. The van der Waals surface area contributed by atoms with Gasteiger partial charge in [-0.15, -0.1) is 0 Å². The molecule has 0 spiro atoms. The van der Waals surface area contributed by atoms with Gasteiger partial charge < -0.3 is 23.8 Å². The molecule has 0 unspecified atom stereocenters. The van der Waals surface area contributed by atoms with E-state index in [-0.39, 0.29) is 10.6 Å². The van der Waals surface area contributed by atoms with Crippen LogP contribution in [-0.2, 0) is 6.54 Å². The summed E-state index contributed by atoms with van der Waals surface area (Å²) in [5.41, 5.74) is 5.78. The highest BCUT2D eigenvalue weighted by molar-refractivity contribution is 6.38. The van der Waals surface area contributed by atoms with Gasteiger partial charge in [0.05, 0.1) is 46.4 Å². The lowest BCUT2D eigenvalue weighted by atomic mass is 10.1. The second-order valence-corrected chi connectivity index (χ2v) is 16.8. The normalized spacial score (nSPS) is 14.5. The molecule has 0 bridgehead atoms. The van der Waals surface area contributed by atoms with Gasteiger partial charge in [-0.3, -0.25) is 9.80 Å². The van der Waals surface area contributed by atoms with E-state index in [1.807, 2.05) is 28.8 Å². The minimum absolute atomic E-state index is 0.0992. The SMILES string of the molecule is COc1ccc(Cn2cnc3c(-c4cc(OCCN5CCCC5)c(Cl)cc4Cl)nc(Cl)nc32)cc1.Clc1nc(-c2cc(OCCN3CCCC3)c(Cl)cc2Cl)c2[nH]cnc2n1. The number of fused-ring (bicyclic) bond motifs is 2. The van der Waals surface area contributed by atoms with Crippen LogP contribution in [0.15, 0.2) is 61.2 Å². The van der Waals surface area contributed by atoms with Gasteiger partial charge in [-0.2, -0.15) is 9.97 Å². The maximum atomic E-state index is 6.59. The van der Waals surface area contributed by atoms with E-state index in [9.17, 15) is 0 Å². The second-order valence-electron chi connectivity index (χ2n) is 14.5. The Bertz CT molecular complexity index is 2630. The van der Waals surface area contributed by atoms with Crippen molar-refractivity contribution in [3.05, 3.63) is 97.4 Å². The van der Waals surface area contributed by atoms with Crippen molar-refractivity contribution < 1.29 is 14.2 Å². The topological polar surface area (TPSA) is 132 Å². The Kier molecular flexibility index (Phi) is 14.2. The van der Waals surface area contributed by atoms with Gasteiger partial charge >= 0.3 is 0 Å². The number of ether oxygens (including phenoxy) is 3. The molecule has 2 aliphatic heterocycles. The first-order chi connectivity index (χ1) is 29.6. The summed E-state index contributed by atoms with van der Waals surface area (Å²) in [6.45, 7) is 7.86. The van der Waals surface area contributed by atoms with Crippen molar-refractivity contribution in [1.29, 1.82) is 0 Å². The average molecular weight is 946 g/mol. The fourth-order valence-electron chi connectivity index (χ4n) is 7.37. The molecule has 0 radical (unpaired) electrons. The minimum atomic E-state index is 0.0992. The number of methoxy groups -OCH3 is 1. The van der Waals surface area contributed by atoms with Crippen LogP contribution in [0, 0.1) is 0 Å². The Balaban J connectivity index is 0.000000176. The number of halogens is 6. The van der Waals surface area contributed by atoms with Crippen molar-refractivity contribution in [3.63, 3.8) is 0 Å². The maximum absolute atomic E-state index is 6.59. The summed E-state index contributed by atoms with van der Waals surface area (Å²) in [7, 11) is 1.64. The Hall–Kier alpha value is -4.18. The number of hydrogen-bond donors (Lipinski definition) is 1. The number of nitrogens with zero attached hydrogens (tertiary/aromatic N) is 9. The molecule has 0 saturated carbocycles. The van der Waals surface area contributed by atoms with Gasteiger partial charge in [0.25, 0.3) is 0 Å². The lowest BCUT2D eigenvalue weighted by Crippen LogP contribution is -2.25. The van der Waals surface area contributed by atoms with Gasteiger partial charge in [0.2, 0.25) is 10.6 Å². The molecule has 1 N–H and O–H groups in total. The lowest BCUT2D eigenvalue weighted by Gasteiger charge is -2.16. The van der Waals surface area contributed by atoms with Crippen molar-refractivity contribution in [2.45, 2.75) is 32.2 Å². The number of benzene rings is 3. The molecular formula is C42H40Cl6N10O3. The molecule has 0 amide bonds. The number of likely N-dealkylation sites (tertiary alicyclic amines) is 2. The van der Waals surface area contributed by atoms with E-state index in [4.69, 9.17) is 83.8 Å². The zero-order valence-corrected chi connectivity index (χ0v) is 37.5. The molecule has 61 heavy (non-hydrogen) atoms. The van der Waals surface area contributed by atoms with E-state index in [0.717, 1.165) is 50.6 Å². The highest BCUT2D eigenvalue weighted by Crippen LogP contribution is 2.40. The first kappa shape index (κ1) is 43.5. The summed E-state index contributed by atoms with van der Waals surface area (Å²) in [4.78, 5) is 33.8. The Morgan fingerprint density at radius 1 is 0.639 bits per heavy atom. The van der Waals surface area contributed by atoms with Gasteiger partial charge in [0, 0.05) is 24.2 Å². The fraction of sp³-hybridized carbons (Fsp3) is 0.333. The molecule has 2 fully saturated rings. The predicted molar refractivity (Wildman–Crippen MR) is 242 cm³/mol. The Morgan fingerprint density at radius 2 is 1.20 bits per heavy atom. The van der Waals surface area contributed by atoms with Crippen LogP contribution in [0.1, 0.15) is 31.2 Å². The number of nitrogens with one attached hydrogen (secondary N) is 1. The molecule has 9 rings (SSSR count). The molecule has 19 heteroatoms. The highest BCUT2D eigenvalue weighted by atomic mass is 35.5. The first-order valence-corrected chi connectivity index (χ1v) is 22.0. The molecule has 13 nitrogen and oxygen atoms in total. The average Bonchev–Trinajstić information content (AvgIpc) is 4.10. The largest absolute Gasteiger partial charge is 0.497 e. The van der Waals surface area contributed by atoms with E-state index < -0.39 is 0 Å². The van der Waals surface area contributed by atoms with Crippen LogP contribution in [0.4, 0.5) is 0 Å². The van der Waals surface area contributed by atoms with E-state index in [1.54, 1.807) is 37.7 Å². The standard InChI is InChI=1S/C25H24Cl3N5O2.C17H16Cl3N5O/c1-34-17-6-4-16(5-7-17)14-33-15-29-23-22(30-25(28)31-24(23)33)18-12-21(20(27)13-19(18)26)35-11-10-32-8-2-3-9-32;18-11-8-12(19)13(26-6-5-25-3-1-2-4-25)7-10(11)14-15-16(22-9-21-15)24-17(20)23-14/h4-7,12-13,15H,2-3,8-11,14H2,1H3;7-9H,1-6H2,(H,21,22,23,24). The molecule has 4 aromatic heterocycles. The van der Waals surface area contributed by atoms with Crippen molar-refractivity contribution in [2.24, 2.45) is 0 Å². The van der Waals surface area contributed by atoms with Crippen molar-refractivity contribution in [3.8, 4) is 39.8 Å². The smallest absolute Gasteiger partial charge is 0.225 e. The number of hydrogen-bond acceptors (Lipinski definition) is 11. The van der Waals surface area contributed by atoms with Crippen molar-refractivity contribution in [2.75, 3.05) is 59.6 Å². The minimum Gasteiger partial charge on any atom is -0.497 e.